The molecule has 0 spiro atoms. The van der Waals surface area contributed by atoms with E-state index in [1.807, 2.05) is 4.72 Å². The Morgan fingerprint density at radius 3 is 2.10 bits per heavy atom. The minimum atomic E-state index is -3.96. The average Bonchev–Trinajstić information content (AvgIpc) is 2.38. The summed E-state index contributed by atoms with van der Waals surface area (Å²) in [7, 11) is -3.96. The Morgan fingerprint density at radius 1 is 1.14 bits per heavy atom. The lowest BCUT2D eigenvalue weighted by Crippen LogP contribution is -2.60. The third kappa shape index (κ3) is 4.04. The minimum absolute atomic E-state index is 0.00715. The number of amides is 2. The maximum atomic E-state index is 12.3. The SMILES string of the molecule is CC(=O)NC(C)(C(=O)NS(=O)(=O)c1ccccc1)C(C)C. The fraction of sp³-hybridized carbons (Fsp3) is 0.429. The first-order chi connectivity index (χ1) is 9.59. The molecule has 6 nitrogen and oxygen atoms in total. The van der Waals surface area contributed by atoms with Gasteiger partial charge in [-0.15, -0.1) is 0 Å². The fourth-order valence-electron chi connectivity index (χ4n) is 1.72. The van der Waals surface area contributed by atoms with Crippen molar-refractivity contribution < 1.29 is 18.0 Å². The zero-order chi connectivity index (χ0) is 16.3. The van der Waals surface area contributed by atoms with Crippen molar-refractivity contribution in [2.45, 2.75) is 38.1 Å². The quantitative estimate of drug-likeness (QED) is 0.850. The second-order valence-corrected chi connectivity index (χ2v) is 6.97. The van der Waals surface area contributed by atoms with Crippen LogP contribution in [0.15, 0.2) is 35.2 Å². The Kier molecular flexibility index (Phi) is 5.11. The molecule has 2 N–H and O–H groups in total. The summed E-state index contributed by atoms with van der Waals surface area (Å²) in [5.41, 5.74) is -1.31. The highest BCUT2D eigenvalue weighted by Crippen LogP contribution is 2.18. The van der Waals surface area contributed by atoms with E-state index in [2.05, 4.69) is 5.32 Å². The summed E-state index contributed by atoms with van der Waals surface area (Å²) in [5, 5.41) is 2.51. The zero-order valence-corrected chi connectivity index (χ0v) is 13.3. The number of hydrogen-bond donors (Lipinski definition) is 2. The minimum Gasteiger partial charge on any atom is -0.342 e. The molecule has 0 fully saturated rings. The maximum Gasteiger partial charge on any atom is 0.264 e. The van der Waals surface area contributed by atoms with E-state index in [1.54, 1.807) is 32.0 Å². The van der Waals surface area contributed by atoms with E-state index in [0.29, 0.717) is 0 Å². The molecule has 0 heterocycles. The highest BCUT2D eigenvalue weighted by Gasteiger charge is 2.39. The summed E-state index contributed by atoms with van der Waals surface area (Å²) < 4.78 is 26.3. The predicted octanol–water partition coefficient (Wildman–Crippen LogP) is 1.04. The van der Waals surface area contributed by atoms with Crippen molar-refractivity contribution in [3.05, 3.63) is 30.3 Å². The number of sulfonamides is 1. The van der Waals surface area contributed by atoms with Crippen molar-refractivity contribution in [3.63, 3.8) is 0 Å². The van der Waals surface area contributed by atoms with E-state index in [0.717, 1.165) is 0 Å². The topological polar surface area (TPSA) is 92.3 Å². The molecule has 21 heavy (non-hydrogen) atoms. The third-order valence-corrected chi connectivity index (χ3v) is 4.69. The molecule has 0 aromatic heterocycles. The van der Waals surface area contributed by atoms with E-state index in [1.165, 1.54) is 26.0 Å². The standard InChI is InChI=1S/C14H20N2O4S/c1-10(2)14(4,15-11(3)17)13(18)16-21(19,20)12-8-6-5-7-9-12/h5-10H,1-4H3,(H,15,17)(H,16,18). The monoisotopic (exact) mass is 312 g/mol. The first kappa shape index (κ1) is 17.2. The van der Waals surface area contributed by atoms with Gasteiger partial charge in [0.2, 0.25) is 5.91 Å². The average molecular weight is 312 g/mol. The fourth-order valence-corrected chi connectivity index (χ4v) is 2.80. The molecule has 0 aliphatic carbocycles. The number of carbonyl (C=O) groups is 2. The number of nitrogens with one attached hydrogen (secondary N) is 2. The predicted molar refractivity (Wildman–Crippen MR) is 78.8 cm³/mol. The van der Waals surface area contributed by atoms with Crippen LogP contribution in [0.25, 0.3) is 0 Å². The molecule has 0 saturated carbocycles. The molecule has 0 saturated heterocycles. The van der Waals surface area contributed by atoms with Crippen molar-refractivity contribution in [3.8, 4) is 0 Å². The largest absolute Gasteiger partial charge is 0.342 e. The van der Waals surface area contributed by atoms with Gasteiger partial charge >= 0.3 is 0 Å². The van der Waals surface area contributed by atoms with Gasteiger partial charge in [0.05, 0.1) is 4.90 Å². The van der Waals surface area contributed by atoms with Crippen molar-refractivity contribution in [2.24, 2.45) is 5.92 Å². The van der Waals surface area contributed by atoms with Crippen LogP contribution in [0.3, 0.4) is 0 Å². The molecule has 0 aliphatic rings. The van der Waals surface area contributed by atoms with E-state index in [4.69, 9.17) is 0 Å². The second-order valence-electron chi connectivity index (χ2n) is 5.29. The van der Waals surface area contributed by atoms with Crippen molar-refractivity contribution in [2.75, 3.05) is 0 Å². The van der Waals surface area contributed by atoms with E-state index in [-0.39, 0.29) is 10.8 Å². The first-order valence-corrected chi connectivity index (χ1v) is 7.99. The Balaban J connectivity index is 3.05. The molecule has 1 aromatic carbocycles. The third-order valence-electron chi connectivity index (χ3n) is 3.34. The Labute approximate surface area is 125 Å². The van der Waals surface area contributed by atoms with Crippen LogP contribution in [0, 0.1) is 5.92 Å². The highest BCUT2D eigenvalue weighted by atomic mass is 32.2. The zero-order valence-electron chi connectivity index (χ0n) is 12.5. The van der Waals surface area contributed by atoms with E-state index in [9.17, 15) is 18.0 Å². The Morgan fingerprint density at radius 2 is 1.67 bits per heavy atom. The summed E-state index contributed by atoms with van der Waals surface area (Å²) in [5.74, 6) is -1.46. The van der Waals surface area contributed by atoms with Gasteiger partial charge in [-0.05, 0) is 25.0 Å². The van der Waals surface area contributed by atoms with Gasteiger partial charge in [0.15, 0.2) is 0 Å². The molecule has 0 bridgehead atoms. The Hall–Kier alpha value is -1.89. The molecular formula is C14H20N2O4S. The van der Waals surface area contributed by atoms with Crippen LogP contribution >= 0.6 is 0 Å². The van der Waals surface area contributed by atoms with Crippen LogP contribution in [0.5, 0.6) is 0 Å². The van der Waals surface area contributed by atoms with Crippen LogP contribution in [-0.4, -0.2) is 25.8 Å². The summed E-state index contributed by atoms with van der Waals surface area (Å²) in [4.78, 5) is 23.6. The molecule has 2 amide bonds. The van der Waals surface area contributed by atoms with Gasteiger partial charge in [-0.2, -0.15) is 0 Å². The lowest BCUT2D eigenvalue weighted by atomic mass is 9.87. The molecule has 116 valence electrons. The molecular weight excluding hydrogens is 292 g/mol. The molecule has 1 unspecified atom stereocenters. The van der Waals surface area contributed by atoms with Gasteiger partial charge in [0.1, 0.15) is 5.54 Å². The van der Waals surface area contributed by atoms with Gasteiger partial charge in [0.25, 0.3) is 15.9 Å². The number of benzene rings is 1. The Bertz CT molecular complexity index is 626. The van der Waals surface area contributed by atoms with Gasteiger partial charge in [-0.25, -0.2) is 13.1 Å². The van der Waals surface area contributed by atoms with Crippen molar-refractivity contribution >= 4 is 21.8 Å². The molecule has 7 heteroatoms. The molecule has 1 rings (SSSR count). The molecule has 0 radical (unpaired) electrons. The van der Waals surface area contributed by atoms with E-state index < -0.39 is 27.4 Å². The first-order valence-electron chi connectivity index (χ1n) is 6.50. The van der Waals surface area contributed by atoms with Crippen LogP contribution in [0.2, 0.25) is 0 Å². The number of rotatable bonds is 5. The summed E-state index contributed by atoms with van der Waals surface area (Å²) in [6, 6.07) is 7.58. The maximum absolute atomic E-state index is 12.3. The second kappa shape index (κ2) is 6.26. The summed E-state index contributed by atoms with van der Waals surface area (Å²) in [6.45, 7) is 6.23. The van der Waals surface area contributed by atoms with Gasteiger partial charge in [-0.3, -0.25) is 9.59 Å². The van der Waals surface area contributed by atoms with Crippen LogP contribution in [-0.2, 0) is 19.6 Å². The molecule has 1 aromatic rings. The lowest BCUT2D eigenvalue weighted by Gasteiger charge is -2.32. The molecule has 1 atom stereocenters. The molecule has 0 aliphatic heterocycles. The van der Waals surface area contributed by atoms with Crippen molar-refractivity contribution in [1.29, 1.82) is 0 Å². The van der Waals surface area contributed by atoms with Crippen molar-refractivity contribution in [1.82, 2.24) is 10.0 Å². The number of hydrogen-bond acceptors (Lipinski definition) is 4. The lowest BCUT2D eigenvalue weighted by molar-refractivity contribution is -0.132. The van der Waals surface area contributed by atoms with Gasteiger partial charge in [0, 0.05) is 6.92 Å². The van der Waals surface area contributed by atoms with Crippen LogP contribution in [0.1, 0.15) is 27.7 Å². The van der Waals surface area contributed by atoms with Gasteiger partial charge in [-0.1, -0.05) is 32.0 Å². The smallest absolute Gasteiger partial charge is 0.264 e. The number of carbonyl (C=O) groups excluding carboxylic acids is 2. The van der Waals surface area contributed by atoms with E-state index >= 15 is 0 Å². The van der Waals surface area contributed by atoms with Crippen LogP contribution in [0.4, 0.5) is 0 Å². The summed E-state index contributed by atoms with van der Waals surface area (Å²) in [6.07, 6.45) is 0. The summed E-state index contributed by atoms with van der Waals surface area (Å²) >= 11 is 0. The van der Waals surface area contributed by atoms with Crippen LogP contribution < -0.4 is 10.0 Å². The highest BCUT2D eigenvalue weighted by molar-refractivity contribution is 7.90. The normalized spacial score (nSPS) is 14.3. The van der Waals surface area contributed by atoms with Gasteiger partial charge < -0.3 is 5.32 Å².